The number of aryl methyl sites for hydroxylation is 1. The molecule has 11 heteroatoms. The highest BCUT2D eigenvalue weighted by Crippen LogP contribution is 2.37. The van der Waals surface area contributed by atoms with E-state index in [1.54, 1.807) is 13.0 Å². The van der Waals surface area contributed by atoms with E-state index in [9.17, 15) is 35.9 Å². The van der Waals surface area contributed by atoms with E-state index in [1.165, 1.54) is 6.07 Å². The summed E-state index contributed by atoms with van der Waals surface area (Å²) in [6, 6.07) is 3.84. The second kappa shape index (κ2) is 9.74. The Morgan fingerprint density at radius 3 is 2.06 bits per heavy atom. The molecule has 4 nitrogen and oxygen atoms in total. The van der Waals surface area contributed by atoms with Crippen molar-refractivity contribution in [3.63, 3.8) is 0 Å². The summed E-state index contributed by atoms with van der Waals surface area (Å²) in [6.45, 7) is 1.69. The van der Waals surface area contributed by atoms with Gasteiger partial charge in [-0.05, 0) is 56.2 Å². The van der Waals surface area contributed by atoms with Crippen molar-refractivity contribution < 1.29 is 35.9 Å². The maximum atomic E-state index is 13.6. The third-order valence-electron chi connectivity index (χ3n) is 5.42. The molecule has 1 saturated carbocycles. The fourth-order valence-electron chi connectivity index (χ4n) is 3.83. The lowest BCUT2D eigenvalue weighted by Crippen LogP contribution is -2.50. The van der Waals surface area contributed by atoms with Crippen LogP contribution in [-0.2, 0) is 15.8 Å². The second-order valence-corrected chi connectivity index (χ2v) is 9.23. The number of carbonyl (C=O) groups excluding carboxylic acids is 2. The molecule has 1 aromatic carbocycles. The molecule has 1 heterocycles. The van der Waals surface area contributed by atoms with Gasteiger partial charge >= 0.3 is 18.3 Å². The number of thiophene rings is 1. The number of hydrogen-bond donors (Lipinski definition) is 1. The molecule has 2 aromatic rings. The minimum Gasteiger partial charge on any atom is -0.351 e. The van der Waals surface area contributed by atoms with Crippen LogP contribution in [0.15, 0.2) is 36.4 Å². The Hall–Kier alpha value is -2.56. The largest absolute Gasteiger partial charge is 0.471 e. The number of nitrogens with one attached hydrogen (secondary N) is 1. The highest BCUT2D eigenvalue weighted by molar-refractivity contribution is 7.12. The van der Waals surface area contributed by atoms with Gasteiger partial charge in [-0.3, -0.25) is 14.5 Å². The summed E-state index contributed by atoms with van der Waals surface area (Å²) in [6.07, 6.45) is -6.02. The van der Waals surface area contributed by atoms with Crippen molar-refractivity contribution in [2.24, 2.45) is 0 Å². The highest BCUT2D eigenvalue weighted by Gasteiger charge is 2.48. The van der Waals surface area contributed by atoms with E-state index in [-0.39, 0.29) is 15.8 Å². The first-order valence-corrected chi connectivity index (χ1v) is 11.1. The van der Waals surface area contributed by atoms with Gasteiger partial charge in [0.15, 0.2) is 6.04 Å². The molecule has 2 amide bonds. The van der Waals surface area contributed by atoms with Crippen LogP contribution in [0, 0.1) is 6.92 Å². The lowest BCUT2D eigenvalue weighted by Gasteiger charge is -2.33. The molecule has 1 fully saturated rings. The van der Waals surface area contributed by atoms with Gasteiger partial charge in [-0.1, -0.05) is 19.3 Å². The molecule has 0 bridgehead atoms. The number of rotatable bonds is 5. The molecule has 1 aliphatic carbocycles. The Morgan fingerprint density at radius 2 is 1.58 bits per heavy atom. The molecule has 180 valence electrons. The van der Waals surface area contributed by atoms with E-state index in [0.29, 0.717) is 29.9 Å². The number of nitrogens with zero attached hydrogens (tertiary/aromatic N) is 1. The molecule has 3 rings (SSSR count). The Labute approximate surface area is 190 Å². The average molecular weight is 492 g/mol. The molecule has 1 atom stereocenters. The smallest absolute Gasteiger partial charge is 0.351 e. The Balaban J connectivity index is 2.06. The number of anilines is 1. The van der Waals surface area contributed by atoms with Crippen LogP contribution in [0.1, 0.15) is 53.5 Å². The average Bonchev–Trinajstić information content (AvgIpc) is 3.16. The molecule has 1 aromatic heterocycles. The van der Waals surface area contributed by atoms with E-state index >= 15 is 0 Å². The lowest BCUT2D eigenvalue weighted by molar-refractivity contribution is -0.171. The van der Waals surface area contributed by atoms with Gasteiger partial charge in [-0.2, -0.15) is 26.3 Å². The first kappa shape index (κ1) is 25.1. The number of benzene rings is 1. The van der Waals surface area contributed by atoms with Gasteiger partial charge in [-0.15, -0.1) is 11.3 Å². The van der Waals surface area contributed by atoms with Gasteiger partial charge < -0.3 is 5.32 Å². The minimum atomic E-state index is -5.35. The van der Waals surface area contributed by atoms with Gasteiger partial charge in [0.25, 0.3) is 0 Å². The van der Waals surface area contributed by atoms with Gasteiger partial charge in [-0.25, -0.2) is 0 Å². The SMILES string of the molecule is Cc1ccc(C(C(=O)NC2CCCCC2)N(C(=O)C(F)(F)F)c2ccc(C(F)(F)F)cc2)s1. The van der Waals surface area contributed by atoms with Crippen LogP contribution in [0.5, 0.6) is 0 Å². The monoisotopic (exact) mass is 492 g/mol. The van der Waals surface area contributed by atoms with Crippen LogP contribution in [0.4, 0.5) is 32.0 Å². The van der Waals surface area contributed by atoms with Crippen LogP contribution in [0.25, 0.3) is 0 Å². The van der Waals surface area contributed by atoms with E-state index in [0.717, 1.165) is 42.7 Å². The Bertz CT molecular complexity index is 978. The zero-order chi connectivity index (χ0) is 24.4. The van der Waals surface area contributed by atoms with Gasteiger partial charge in [0, 0.05) is 21.5 Å². The molecular weight excluding hydrogens is 470 g/mol. The summed E-state index contributed by atoms with van der Waals surface area (Å²) in [4.78, 5) is 26.8. The number of alkyl halides is 6. The van der Waals surface area contributed by atoms with Crippen molar-refractivity contribution in [2.75, 3.05) is 4.90 Å². The predicted octanol–water partition coefficient (Wildman–Crippen LogP) is 6.16. The Kier molecular flexibility index (Phi) is 7.40. The van der Waals surface area contributed by atoms with Crippen molar-refractivity contribution in [3.05, 3.63) is 51.7 Å². The van der Waals surface area contributed by atoms with Gasteiger partial charge in [0.05, 0.1) is 5.56 Å². The standard InChI is InChI=1S/C22H22F6N2O2S/c1-13-7-12-17(33-13)18(19(31)29-15-5-3-2-4-6-15)30(20(32)22(26,27)28)16-10-8-14(9-11-16)21(23,24)25/h7-12,15,18H,2-6H2,1H3,(H,29,31). The van der Waals surface area contributed by atoms with E-state index in [1.807, 2.05) is 0 Å². The van der Waals surface area contributed by atoms with Crippen LogP contribution in [0.2, 0.25) is 0 Å². The third kappa shape index (κ3) is 6.07. The molecule has 33 heavy (non-hydrogen) atoms. The number of halogens is 6. The van der Waals surface area contributed by atoms with Crippen LogP contribution in [0.3, 0.4) is 0 Å². The molecule has 1 unspecified atom stereocenters. The maximum absolute atomic E-state index is 13.6. The summed E-state index contributed by atoms with van der Waals surface area (Å²) in [5, 5.41) is 2.75. The third-order valence-corrected chi connectivity index (χ3v) is 6.48. The molecule has 0 radical (unpaired) electrons. The van der Waals surface area contributed by atoms with E-state index in [4.69, 9.17) is 0 Å². The van der Waals surface area contributed by atoms with Crippen molar-refractivity contribution >= 4 is 28.8 Å². The van der Waals surface area contributed by atoms with Crippen molar-refractivity contribution in [2.45, 2.75) is 63.5 Å². The summed E-state index contributed by atoms with van der Waals surface area (Å²) < 4.78 is 79.6. The molecule has 0 aliphatic heterocycles. The fourth-order valence-corrected chi connectivity index (χ4v) is 4.80. The first-order chi connectivity index (χ1) is 15.4. The summed E-state index contributed by atoms with van der Waals surface area (Å²) >= 11 is 1.04. The molecule has 1 aliphatic rings. The summed E-state index contributed by atoms with van der Waals surface area (Å²) in [5.74, 6) is -3.14. The maximum Gasteiger partial charge on any atom is 0.471 e. The van der Waals surface area contributed by atoms with Gasteiger partial charge in [0.1, 0.15) is 0 Å². The zero-order valence-electron chi connectivity index (χ0n) is 17.6. The predicted molar refractivity (Wildman–Crippen MR) is 112 cm³/mol. The van der Waals surface area contributed by atoms with Crippen molar-refractivity contribution in [3.8, 4) is 0 Å². The molecule has 0 spiro atoms. The van der Waals surface area contributed by atoms with E-state index in [2.05, 4.69) is 5.32 Å². The zero-order valence-corrected chi connectivity index (χ0v) is 18.4. The number of hydrogen-bond acceptors (Lipinski definition) is 3. The molecule has 0 saturated heterocycles. The second-order valence-electron chi connectivity index (χ2n) is 7.91. The van der Waals surface area contributed by atoms with Crippen LogP contribution < -0.4 is 10.2 Å². The lowest BCUT2D eigenvalue weighted by atomic mass is 9.95. The van der Waals surface area contributed by atoms with Gasteiger partial charge in [0.2, 0.25) is 5.91 Å². The minimum absolute atomic E-state index is 0.179. The van der Waals surface area contributed by atoms with E-state index < -0.39 is 41.5 Å². The number of carbonyl (C=O) groups is 2. The molecule has 1 N–H and O–H groups in total. The number of amides is 2. The summed E-state index contributed by atoms with van der Waals surface area (Å²) in [7, 11) is 0. The Morgan fingerprint density at radius 1 is 0.970 bits per heavy atom. The summed E-state index contributed by atoms with van der Waals surface area (Å²) in [5.41, 5.74) is -1.54. The van der Waals surface area contributed by atoms with Crippen LogP contribution in [-0.4, -0.2) is 24.0 Å². The van der Waals surface area contributed by atoms with Crippen molar-refractivity contribution in [1.82, 2.24) is 5.32 Å². The van der Waals surface area contributed by atoms with Crippen molar-refractivity contribution in [1.29, 1.82) is 0 Å². The topological polar surface area (TPSA) is 49.4 Å². The highest BCUT2D eigenvalue weighted by atomic mass is 32.1. The normalized spacial score (nSPS) is 16.3. The molecular formula is C22H22F6N2O2S. The first-order valence-electron chi connectivity index (χ1n) is 10.3. The quantitative estimate of drug-likeness (QED) is 0.508. The fraction of sp³-hybridized carbons (Fsp3) is 0.455. The van der Waals surface area contributed by atoms with Crippen LogP contribution >= 0.6 is 11.3 Å².